The van der Waals surface area contributed by atoms with E-state index < -0.39 is 12.0 Å². The second kappa shape index (κ2) is 45.9. The molecular weight excluding hydrogens is 731 g/mol. The second-order valence-corrected chi connectivity index (χ2v) is 19.2. The summed E-state index contributed by atoms with van der Waals surface area (Å²) >= 11 is 0. The van der Waals surface area contributed by atoms with Gasteiger partial charge in [-0.25, -0.2) is 4.79 Å². The largest absolute Gasteiger partial charge is 0.466 e. The number of nitrogens with one attached hydrogen (secondary N) is 1. The number of esters is 2. The summed E-state index contributed by atoms with van der Waals surface area (Å²) in [6, 6.07) is -0.802. The van der Waals surface area contributed by atoms with Crippen LogP contribution in [0, 0.1) is 11.8 Å². The van der Waals surface area contributed by atoms with Crippen molar-refractivity contribution >= 4 is 17.8 Å². The summed E-state index contributed by atoms with van der Waals surface area (Å²) in [6.07, 6.45) is 47.5. The Hall–Kier alpha value is -1.59. The molecule has 0 heterocycles. The summed E-state index contributed by atoms with van der Waals surface area (Å²) in [5, 5.41) is 2.91. The summed E-state index contributed by atoms with van der Waals surface area (Å²) in [7, 11) is 0. The van der Waals surface area contributed by atoms with Crippen molar-refractivity contribution in [3.8, 4) is 0 Å². The summed E-state index contributed by atoms with van der Waals surface area (Å²) in [6.45, 7) is 12.3. The lowest BCUT2D eigenvalue weighted by Gasteiger charge is -2.18. The molecule has 1 amide bonds. The zero-order valence-corrected chi connectivity index (χ0v) is 40.5. The van der Waals surface area contributed by atoms with Crippen LogP contribution in [0.4, 0.5) is 0 Å². The zero-order valence-electron chi connectivity index (χ0n) is 40.5. The molecule has 0 aromatic heterocycles. The van der Waals surface area contributed by atoms with Gasteiger partial charge in [-0.2, -0.15) is 0 Å². The van der Waals surface area contributed by atoms with E-state index in [4.69, 9.17) is 9.47 Å². The fraction of sp³-hybridized carbons (Fsp3) is 0.943. The van der Waals surface area contributed by atoms with Crippen molar-refractivity contribution in [2.24, 2.45) is 11.8 Å². The summed E-state index contributed by atoms with van der Waals surface area (Å²) in [5.41, 5.74) is 0. The van der Waals surface area contributed by atoms with Gasteiger partial charge in [0.15, 0.2) is 0 Å². The molecule has 0 radical (unpaired) electrons. The average Bonchev–Trinajstić information content (AvgIpc) is 3.21. The molecule has 0 fully saturated rings. The summed E-state index contributed by atoms with van der Waals surface area (Å²) < 4.78 is 11.2. The Morgan fingerprint density at radius 2 is 0.695 bits per heavy atom. The molecule has 0 aliphatic carbocycles. The molecule has 0 aliphatic heterocycles. The first kappa shape index (κ1) is 57.4. The van der Waals surface area contributed by atoms with Crippen molar-refractivity contribution in [1.29, 1.82) is 0 Å². The second-order valence-electron chi connectivity index (χ2n) is 19.2. The van der Waals surface area contributed by atoms with Crippen molar-refractivity contribution in [3.05, 3.63) is 0 Å². The monoisotopic (exact) mass is 834 g/mol. The molecule has 6 nitrogen and oxygen atoms in total. The van der Waals surface area contributed by atoms with Crippen LogP contribution in [0.15, 0.2) is 0 Å². The Labute approximate surface area is 368 Å². The van der Waals surface area contributed by atoms with E-state index in [1.165, 1.54) is 186 Å². The Balaban J connectivity index is 4.24. The molecule has 1 atom stereocenters. The smallest absolute Gasteiger partial charge is 0.328 e. The zero-order chi connectivity index (χ0) is 43.3. The van der Waals surface area contributed by atoms with Crippen molar-refractivity contribution in [2.45, 2.75) is 297 Å². The van der Waals surface area contributed by atoms with E-state index in [1.807, 2.05) is 0 Å². The van der Waals surface area contributed by atoms with Crippen LogP contribution in [0.25, 0.3) is 0 Å². The number of hydrogen-bond donors (Lipinski definition) is 1. The van der Waals surface area contributed by atoms with Crippen LogP contribution in [0.5, 0.6) is 0 Å². The molecule has 1 N–H and O–H groups in total. The third-order valence-electron chi connectivity index (χ3n) is 12.1. The van der Waals surface area contributed by atoms with E-state index in [2.05, 4.69) is 39.9 Å². The van der Waals surface area contributed by atoms with Crippen LogP contribution in [0.3, 0.4) is 0 Å². The first-order valence-electron chi connectivity index (χ1n) is 26.4. The lowest BCUT2D eigenvalue weighted by molar-refractivity contribution is -0.149. The van der Waals surface area contributed by atoms with Crippen molar-refractivity contribution in [2.75, 3.05) is 13.2 Å². The van der Waals surface area contributed by atoms with Gasteiger partial charge < -0.3 is 14.8 Å². The Morgan fingerprint density at radius 3 is 1.07 bits per heavy atom. The molecule has 0 saturated carbocycles. The van der Waals surface area contributed by atoms with Gasteiger partial charge in [0.05, 0.1) is 13.2 Å². The average molecular weight is 834 g/mol. The van der Waals surface area contributed by atoms with Crippen LogP contribution >= 0.6 is 0 Å². The number of hydrogen-bond acceptors (Lipinski definition) is 5. The fourth-order valence-electron chi connectivity index (χ4n) is 8.10. The van der Waals surface area contributed by atoms with Gasteiger partial charge in [-0.1, -0.05) is 253 Å². The number of carbonyl (C=O) groups excluding carboxylic acids is 3. The lowest BCUT2D eigenvalue weighted by Crippen LogP contribution is -2.42. The maximum Gasteiger partial charge on any atom is 0.328 e. The Morgan fingerprint density at radius 1 is 0.373 bits per heavy atom. The topological polar surface area (TPSA) is 81.7 Å². The predicted molar refractivity (Wildman–Crippen MR) is 254 cm³/mol. The van der Waals surface area contributed by atoms with Gasteiger partial charge in [0.25, 0.3) is 0 Å². The molecular formula is C53H103NO5. The highest BCUT2D eigenvalue weighted by Gasteiger charge is 2.23. The number of amides is 1. The van der Waals surface area contributed by atoms with Gasteiger partial charge >= 0.3 is 11.9 Å². The quantitative estimate of drug-likeness (QED) is 0.0488. The number of carbonyl (C=O) groups is 3. The van der Waals surface area contributed by atoms with Crippen molar-refractivity contribution < 1.29 is 23.9 Å². The number of unbranched alkanes of at least 4 members (excludes halogenated alkanes) is 32. The molecule has 0 unspecified atom stereocenters. The van der Waals surface area contributed by atoms with Crippen LogP contribution in [-0.2, 0) is 23.9 Å². The number of rotatable bonds is 47. The normalized spacial score (nSPS) is 12.1. The molecule has 59 heavy (non-hydrogen) atoms. The third-order valence-corrected chi connectivity index (χ3v) is 12.1. The van der Waals surface area contributed by atoms with Crippen molar-refractivity contribution in [3.63, 3.8) is 0 Å². The van der Waals surface area contributed by atoms with E-state index in [0.29, 0.717) is 19.6 Å². The van der Waals surface area contributed by atoms with Crippen LogP contribution in [0.2, 0.25) is 0 Å². The molecule has 350 valence electrons. The van der Waals surface area contributed by atoms with Gasteiger partial charge in [-0.3, -0.25) is 9.59 Å². The first-order chi connectivity index (χ1) is 28.8. The van der Waals surface area contributed by atoms with Gasteiger partial charge in [-0.15, -0.1) is 0 Å². The van der Waals surface area contributed by atoms with Crippen LogP contribution < -0.4 is 5.32 Å². The summed E-state index contributed by atoms with van der Waals surface area (Å²) in [4.78, 5) is 38.6. The van der Waals surface area contributed by atoms with E-state index in [9.17, 15) is 14.4 Å². The van der Waals surface area contributed by atoms with Crippen LogP contribution in [0.1, 0.15) is 291 Å². The minimum Gasteiger partial charge on any atom is -0.466 e. The fourth-order valence-corrected chi connectivity index (χ4v) is 8.10. The highest BCUT2D eigenvalue weighted by molar-refractivity contribution is 5.85. The van der Waals surface area contributed by atoms with Gasteiger partial charge in [0, 0.05) is 12.8 Å². The van der Waals surface area contributed by atoms with Gasteiger partial charge in [-0.05, 0) is 37.5 Å². The maximum atomic E-state index is 13.1. The minimum atomic E-state index is -0.802. The first-order valence-corrected chi connectivity index (χ1v) is 26.4. The SMILES string of the molecule is CCCCCCCCCCCC(=O)N[C@H](CCC(=O)OCCCCCCCCCCCCCCCC(C)C)C(=O)OCCCCCCCCCCCCCCCC(C)C. The molecule has 0 aliphatic rings. The van der Waals surface area contributed by atoms with Gasteiger partial charge in [0.1, 0.15) is 6.04 Å². The molecule has 0 aromatic carbocycles. The Kier molecular flexibility index (Phi) is 44.7. The number of ether oxygens (including phenoxy) is 2. The van der Waals surface area contributed by atoms with Crippen LogP contribution in [-0.4, -0.2) is 37.1 Å². The maximum absolute atomic E-state index is 13.1. The lowest BCUT2D eigenvalue weighted by atomic mass is 10.0. The van der Waals surface area contributed by atoms with E-state index >= 15 is 0 Å². The minimum absolute atomic E-state index is 0.105. The molecule has 0 rings (SSSR count). The molecule has 0 saturated heterocycles. The molecule has 0 bridgehead atoms. The van der Waals surface area contributed by atoms with E-state index in [1.54, 1.807) is 0 Å². The predicted octanol–water partition coefficient (Wildman–Crippen LogP) is 16.5. The molecule has 0 spiro atoms. The molecule has 0 aromatic rings. The van der Waals surface area contributed by atoms with Gasteiger partial charge in [0.2, 0.25) is 5.91 Å². The standard InChI is InChI=1S/C53H103NO5/c1-6-7-8-9-10-21-28-33-38-43-51(55)54-50(53(57)59-47-40-35-30-25-20-16-12-14-18-23-27-32-37-42-49(4)5)44-45-52(56)58-46-39-34-29-24-19-15-11-13-17-22-26-31-36-41-48(2)3/h48-50H,6-47H2,1-5H3,(H,54,55)/t50-/m1/s1. The van der Waals surface area contributed by atoms with Crippen molar-refractivity contribution in [1.82, 2.24) is 5.32 Å². The highest BCUT2D eigenvalue weighted by Crippen LogP contribution is 2.17. The van der Waals surface area contributed by atoms with E-state index in [-0.39, 0.29) is 24.7 Å². The van der Waals surface area contributed by atoms with E-state index in [0.717, 1.165) is 63.2 Å². The third kappa shape index (κ3) is 45.8. The highest BCUT2D eigenvalue weighted by atomic mass is 16.5. The summed E-state index contributed by atoms with van der Waals surface area (Å²) in [5.74, 6) is 0.836. The molecule has 6 heteroatoms. The Bertz CT molecular complexity index is 904.